The largest absolute Gasteiger partial charge is 0.353 e. The van der Waals surface area contributed by atoms with Crippen molar-refractivity contribution in [1.29, 1.82) is 0 Å². The van der Waals surface area contributed by atoms with Gasteiger partial charge in [0.25, 0.3) is 0 Å². The summed E-state index contributed by atoms with van der Waals surface area (Å²) in [6.45, 7) is 2.83. The standard InChI is InChI=1S/C19H21N7O/c27-19(25-12-10-24(11-13-25)18-8-4-5-9-20-18)17(26-15-21-22-23-26)14-16-6-2-1-3-7-16/h1-9,15,17H,10-14H2/t17-/m0/s1. The number of aromatic nitrogens is 5. The molecule has 0 bridgehead atoms. The molecule has 0 aliphatic carbocycles. The van der Waals surface area contributed by atoms with Crippen LogP contribution in [0, 0.1) is 0 Å². The van der Waals surface area contributed by atoms with E-state index in [4.69, 9.17) is 0 Å². The van der Waals surface area contributed by atoms with Crippen molar-refractivity contribution in [3.63, 3.8) is 0 Å². The second kappa shape index (κ2) is 7.94. The quantitative estimate of drug-likeness (QED) is 0.678. The molecular weight excluding hydrogens is 342 g/mol. The van der Waals surface area contributed by atoms with Crippen LogP contribution in [0.15, 0.2) is 61.1 Å². The Morgan fingerprint density at radius 3 is 2.44 bits per heavy atom. The molecule has 8 heteroatoms. The fraction of sp³-hybridized carbons (Fsp3) is 0.316. The minimum absolute atomic E-state index is 0.0480. The highest BCUT2D eigenvalue weighted by Crippen LogP contribution is 2.19. The normalized spacial score (nSPS) is 15.6. The summed E-state index contributed by atoms with van der Waals surface area (Å²) in [7, 11) is 0. The number of amides is 1. The number of nitrogens with zero attached hydrogens (tertiary/aromatic N) is 7. The SMILES string of the molecule is O=C([C@H](Cc1ccccc1)n1cnnn1)N1CCN(c2ccccn2)CC1. The number of anilines is 1. The fourth-order valence-corrected chi connectivity index (χ4v) is 3.35. The van der Waals surface area contributed by atoms with E-state index in [9.17, 15) is 4.79 Å². The summed E-state index contributed by atoms with van der Waals surface area (Å²) in [5.41, 5.74) is 1.08. The fourth-order valence-electron chi connectivity index (χ4n) is 3.35. The number of tetrazole rings is 1. The van der Waals surface area contributed by atoms with Crippen LogP contribution in [0.25, 0.3) is 0 Å². The van der Waals surface area contributed by atoms with E-state index in [1.165, 1.54) is 6.33 Å². The highest BCUT2D eigenvalue weighted by molar-refractivity contribution is 5.81. The van der Waals surface area contributed by atoms with Crippen LogP contribution < -0.4 is 4.90 Å². The first-order chi connectivity index (χ1) is 13.3. The van der Waals surface area contributed by atoms with Crippen LogP contribution in [0.3, 0.4) is 0 Å². The molecule has 0 unspecified atom stereocenters. The molecule has 138 valence electrons. The molecule has 4 rings (SSSR count). The maximum atomic E-state index is 13.2. The van der Waals surface area contributed by atoms with Gasteiger partial charge in [-0.2, -0.15) is 0 Å². The summed E-state index contributed by atoms with van der Waals surface area (Å²) in [6.07, 6.45) is 3.86. The van der Waals surface area contributed by atoms with Crippen molar-refractivity contribution in [3.05, 3.63) is 66.6 Å². The van der Waals surface area contributed by atoms with Crippen molar-refractivity contribution in [3.8, 4) is 0 Å². The maximum absolute atomic E-state index is 13.2. The monoisotopic (exact) mass is 363 g/mol. The Hall–Kier alpha value is -3.29. The Labute approximate surface area is 157 Å². The van der Waals surface area contributed by atoms with Crippen molar-refractivity contribution >= 4 is 11.7 Å². The molecule has 3 heterocycles. The second-order valence-corrected chi connectivity index (χ2v) is 6.50. The van der Waals surface area contributed by atoms with Crippen molar-refractivity contribution in [2.45, 2.75) is 12.5 Å². The number of pyridine rings is 1. The molecular formula is C19H21N7O. The lowest BCUT2D eigenvalue weighted by Crippen LogP contribution is -2.51. The van der Waals surface area contributed by atoms with Crippen molar-refractivity contribution in [1.82, 2.24) is 30.1 Å². The molecule has 2 aromatic heterocycles. The third-order valence-electron chi connectivity index (χ3n) is 4.81. The van der Waals surface area contributed by atoms with E-state index in [-0.39, 0.29) is 5.91 Å². The van der Waals surface area contributed by atoms with Gasteiger partial charge in [0.05, 0.1) is 0 Å². The third-order valence-corrected chi connectivity index (χ3v) is 4.81. The van der Waals surface area contributed by atoms with E-state index in [2.05, 4.69) is 25.4 Å². The molecule has 1 aliphatic rings. The first-order valence-electron chi connectivity index (χ1n) is 9.02. The average Bonchev–Trinajstić information content (AvgIpc) is 3.28. The molecule has 1 atom stereocenters. The topological polar surface area (TPSA) is 80.0 Å². The number of hydrogen-bond donors (Lipinski definition) is 0. The highest BCUT2D eigenvalue weighted by atomic mass is 16.2. The van der Waals surface area contributed by atoms with Gasteiger partial charge in [-0.25, -0.2) is 9.67 Å². The zero-order valence-electron chi connectivity index (χ0n) is 14.9. The van der Waals surface area contributed by atoms with Crippen LogP contribution in [-0.4, -0.2) is 62.2 Å². The Morgan fingerprint density at radius 1 is 1.00 bits per heavy atom. The van der Waals surface area contributed by atoms with Gasteiger partial charge in [-0.15, -0.1) is 5.10 Å². The molecule has 1 aliphatic heterocycles. The Bertz CT molecular complexity index is 846. The molecule has 0 radical (unpaired) electrons. The third kappa shape index (κ3) is 3.94. The van der Waals surface area contributed by atoms with Crippen LogP contribution >= 0.6 is 0 Å². The lowest BCUT2D eigenvalue weighted by atomic mass is 10.0. The summed E-state index contributed by atoms with van der Waals surface area (Å²) < 4.78 is 1.56. The summed E-state index contributed by atoms with van der Waals surface area (Å²) in [6, 6.07) is 15.4. The van der Waals surface area contributed by atoms with E-state index < -0.39 is 6.04 Å². The van der Waals surface area contributed by atoms with E-state index in [0.29, 0.717) is 19.5 Å². The van der Waals surface area contributed by atoms with Gasteiger partial charge in [-0.3, -0.25) is 4.79 Å². The predicted octanol–water partition coefficient (Wildman–Crippen LogP) is 1.20. The first kappa shape index (κ1) is 17.1. The lowest BCUT2D eigenvalue weighted by Gasteiger charge is -2.36. The molecule has 27 heavy (non-hydrogen) atoms. The van der Waals surface area contributed by atoms with Crippen LogP contribution in [0.1, 0.15) is 11.6 Å². The summed E-state index contributed by atoms with van der Waals surface area (Å²) in [4.78, 5) is 21.7. The van der Waals surface area contributed by atoms with E-state index in [0.717, 1.165) is 24.5 Å². The molecule has 1 fully saturated rings. The second-order valence-electron chi connectivity index (χ2n) is 6.50. The molecule has 0 N–H and O–H groups in total. The number of carbonyl (C=O) groups is 1. The van der Waals surface area contributed by atoms with Crippen LogP contribution in [0.5, 0.6) is 0 Å². The Balaban J connectivity index is 1.46. The zero-order valence-corrected chi connectivity index (χ0v) is 14.9. The number of hydrogen-bond acceptors (Lipinski definition) is 6. The summed E-state index contributed by atoms with van der Waals surface area (Å²) in [5, 5.41) is 11.4. The number of carbonyl (C=O) groups excluding carboxylic acids is 1. The van der Waals surface area contributed by atoms with Gasteiger partial charge < -0.3 is 9.80 Å². The molecule has 8 nitrogen and oxygen atoms in total. The molecule has 0 saturated carbocycles. The highest BCUT2D eigenvalue weighted by Gasteiger charge is 2.30. The number of rotatable bonds is 5. The van der Waals surface area contributed by atoms with Crippen molar-refractivity contribution in [2.24, 2.45) is 0 Å². The summed E-state index contributed by atoms with van der Waals surface area (Å²) >= 11 is 0. The van der Waals surface area contributed by atoms with Crippen LogP contribution in [0.4, 0.5) is 5.82 Å². The van der Waals surface area contributed by atoms with E-state index >= 15 is 0 Å². The minimum Gasteiger partial charge on any atom is -0.353 e. The van der Waals surface area contributed by atoms with Gasteiger partial charge >= 0.3 is 0 Å². The number of benzene rings is 1. The molecule has 1 amide bonds. The Kier molecular flexibility index (Phi) is 5.04. The van der Waals surface area contributed by atoms with Gasteiger partial charge in [0.15, 0.2) is 0 Å². The molecule has 3 aromatic rings. The number of piperazine rings is 1. The van der Waals surface area contributed by atoms with Gasteiger partial charge in [-0.1, -0.05) is 36.4 Å². The minimum atomic E-state index is -0.441. The van der Waals surface area contributed by atoms with E-state index in [1.54, 1.807) is 10.9 Å². The molecule has 1 saturated heterocycles. The predicted molar refractivity (Wildman–Crippen MR) is 100 cm³/mol. The molecule has 0 spiro atoms. The average molecular weight is 363 g/mol. The Morgan fingerprint density at radius 2 is 1.78 bits per heavy atom. The zero-order chi connectivity index (χ0) is 18.5. The molecule has 1 aromatic carbocycles. The maximum Gasteiger partial charge on any atom is 0.248 e. The smallest absolute Gasteiger partial charge is 0.248 e. The first-order valence-corrected chi connectivity index (χ1v) is 9.02. The van der Waals surface area contributed by atoms with Crippen molar-refractivity contribution in [2.75, 3.05) is 31.1 Å². The lowest BCUT2D eigenvalue weighted by molar-refractivity contribution is -0.135. The summed E-state index contributed by atoms with van der Waals surface area (Å²) in [5.74, 6) is 0.998. The van der Waals surface area contributed by atoms with Gasteiger partial charge in [0.1, 0.15) is 18.2 Å². The van der Waals surface area contributed by atoms with Crippen molar-refractivity contribution < 1.29 is 4.79 Å². The van der Waals surface area contributed by atoms with Gasteiger partial charge in [0, 0.05) is 38.8 Å². The van der Waals surface area contributed by atoms with Gasteiger partial charge in [-0.05, 0) is 28.1 Å². The van der Waals surface area contributed by atoms with Crippen LogP contribution in [-0.2, 0) is 11.2 Å². The van der Waals surface area contributed by atoms with Gasteiger partial charge in [0.2, 0.25) is 5.91 Å². The van der Waals surface area contributed by atoms with E-state index in [1.807, 2.05) is 53.4 Å². The van der Waals surface area contributed by atoms with Crippen LogP contribution in [0.2, 0.25) is 0 Å².